The van der Waals surface area contributed by atoms with Crippen molar-refractivity contribution in [3.8, 4) is 0 Å². The zero-order valence-corrected chi connectivity index (χ0v) is 11.0. The smallest absolute Gasteiger partial charge is 0.360 e. The number of nitrogens with one attached hydrogen (secondary N) is 1. The topological polar surface area (TPSA) is 27.6 Å². The predicted octanol–water partition coefficient (Wildman–Crippen LogP) is 2.18. The van der Waals surface area contributed by atoms with Crippen molar-refractivity contribution in [2.24, 2.45) is 4.99 Å². The summed E-state index contributed by atoms with van der Waals surface area (Å²) in [4.78, 5) is 6.03. The Hall–Kier alpha value is -0.780. The highest BCUT2D eigenvalue weighted by molar-refractivity contribution is 5.89. The number of alkyl halides is 3. The summed E-state index contributed by atoms with van der Waals surface area (Å²) in [5, 5.41) is 2.52. The minimum atomic E-state index is -4.34. The molecule has 2 aliphatic heterocycles. The lowest BCUT2D eigenvalue weighted by Crippen LogP contribution is -2.46. The summed E-state index contributed by atoms with van der Waals surface area (Å²) in [6.07, 6.45) is -2.22. The van der Waals surface area contributed by atoms with E-state index in [4.69, 9.17) is 0 Å². The van der Waals surface area contributed by atoms with Gasteiger partial charge in [-0.2, -0.15) is 13.2 Å². The van der Waals surface area contributed by atoms with Crippen LogP contribution in [0.4, 0.5) is 13.2 Å². The summed E-state index contributed by atoms with van der Waals surface area (Å²) >= 11 is 0. The van der Waals surface area contributed by atoms with Gasteiger partial charge in [0.1, 0.15) is 0 Å². The quantitative estimate of drug-likeness (QED) is 0.845. The summed E-state index contributed by atoms with van der Waals surface area (Å²) in [7, 11) is 0. The van der Waals surface area contributed by atoms with Crippen LogP contribution in [0.15, 0.2) is 4.99 Å². The fourth-order valence-corrected chi connectivity index (χ4v) is 2.86. The van der Waals surface area contributed by atoms with E-state index in [1.54, 1.807) is 0 Å². The maximum absolute atomic E-state index is 12.5. The lowest BCUT2D eigenvalue weighted by Gasteiger charge is -2.35. The SMILES string of the molecule is CCCC(C)(C)N1CC2N=C(C(F)(F)F)NC2C1. The molecule has 3 nitrogen and oxygen atoms in total. The Kier molecular flexibility index (Phi) is 3.34. The molecule has 6 heteroatoms. The third kappa shape index (κ3) is 2.48. The Bertz CT molecular complexity index is 349. The highest BCUT2D eigenvalue weighted by atomic mass is 19.4. The van der Waals surface area contributed by atoms with Crippen LogP contribution >= 0.6 is 0 Å². The average molecular weight is 263 g/mol. The van der Waals surface area contributed by atoms with E-state index in [9.17, 15) is 13.2 Å². The molecule has 0 radical (unpaired) electrons. The first-order chi connectivity index (χ1) is 8.24. The standard InChI is InChI=1S/C12H20F3N3/c1-4-5-11(2,3)18-6-8-9(7-18)17-10(16-8)12(13,14)15/h8-9H,4-7H2,1-3H3,(H,16,17). The zero-order chi connectivity index (χ0) is 13.6. The van der Waals surface area contributed by atoms with Crippen molar-refractivity contribution < 1.29 is 13.2 Å². The molecule has 2 heterocycles. The van der Waals surface area contributed by atoms with E-state index < -0.39 is 12.0 Å². The second-order valence-corrected chi connectivity index (χ2v) is 5.76. The molecule has 0 aromatic carbocycles. The van der Waals surface area contributed by atoms with Gasteiger partial charge in [-0.05, 0) is 20.3 Å². The Morgan fingerprint density at radius 1 is 1.33 bits per heavy atom. The number of likely N-dealkylation sites (tertiary alicyclic amines) is 1. The number of fused-ring (bicyclic) bond motifs is 1. The second kappa shape index (κ2) is 4.40. The van der Waals surface area contributed by atoms with Crippen molar-refractivity contribution in [2.75, 3.05) is 13.1 Å². The van der Waals surface area contributed by atoms with Crippen LogP contribution in [0.1, 0.15) is 33.6 Å². The van der Waals surface area contributed by atoms with Crippen LogP contribution < -0.4 is 5.32 Å². The molecule has 0 saturated carbocycles. The first-order valence-electron chi connectivity index (χ1n) is 6.40. The molecule has 0 aliphatic carbocycles. The van der Waals surface area contributed by atoms with Gasteiger partial charge in [0.25, 0.3) is 0 Å². The molecule has 0 spiro atoms. The Labute approximate surface area is 105 Å². The van der Waals surface area contributed by atoms with Crippen molar-refractivity contribution in [3.05, 3.63) is 0 Å². The van der Waals surface area contributed by atoms with Crippen LogP contribution in [0.3, 0.4) is 0 Å². The second-order valence-electron chi connectivity index (χ2n) is 5.76. The van der Waals surface area contributed by atoms with Crippen LogP contribution in [0, 0.1) is 0 Å². The molecule has 1 saturated heterocycles. The van der Waals surface area contributed by atoms with Crippen molar-refractivity contribution in [1.29, 1.82) is 0 Å². The predicted molar refractivity (Wildman–Crippen MR) is 64.8 cm³/mol. The van der Waals surface area contributed by atoms with Gasteiger partial charge in [-0.25, -0.2) is 0 Å². The van der Waals surface area contributed by atoms with Crippen LogP contribution in [-0.4, -0.2) is 47.6 Å². The van der Waals surface area contributed by atoms with Crippen molar-refractivity contribution >= 4 is 5.84 Å². The molecule has 0 amide bonds. The number of amidine groups is 1. The summed E-state index contributed by atoms with van der Waals surface area (Å²) in [6, 6.07) is -0.435. The third-order valence-corrected chi connectivity index (χ3v) is 3.89. The van der Waals surface area contributed by atoms with Gasteiger partial charge in [0.15, 0.2) is 0 Å². The van der Waals surface area contributed by atoms with Crippen LogP contribution in [0.5, 0.6) is 0 Å². The van der Waals surface area contributed by atoms with Crippen molar-refractivity contribution in [1.82, 2.24) is 10.2 Å². The molecule has 2 rings (SSSR count). The maximum atomic E-state index is 12.5. The van der Waals surface area contributed by atoms with E-state index in [1.165, 1.54) is 0 Å². The molecule has 104 valence electrons. The van der Waals surface area contributed by atoms with E-state index in [0.717, 1.165) is 12.8 Å². The van der Waals surface area contributed by atoms with E-state index >= 15 is 0 Å². The monoisotopic (exact) mass is 263 g/mol. The molecular formula is C12H20F3N3. The summed E-state index contributed by atoms with van der Waals surface area (Å²) in [5.74, 6) is -0.801. The Balaban J connectivity index is 2.02. The lowest BCUT2D eigenvalue weighted by atomic mass is 9.97. The first-order valence-corrected chi connectivity index (χ1v) is 6.40. The van der Waals surface area contributed by atoms with Gasteiger partial charge in [0.05, 0.1) is 12.1 Å². The molecule has 2 atom stereocenters. The molecule has 2 unspecified atom stereocenters. The maximum Gasteiger partial charge on any atom is 0.448 e. The van der Waals surface area contributed by atoms with Crippen molar-refractivity contribution in [2.45, 2.75) is 57.4 Å². The number of hydrogen-bond donors (Lipinski definition) is 1. The van der Waals surface area contributed by atoms with Gasteiger partial charge < -0.3 is 5.32 Å². The summed E-state index contributed by atoms with van der Waals surface area (Å²) in [5.41, 5.74) is 0.0364. The van der Waals surface area contributed by atoms with E-state index in [0.29, 0.717) is 13.1 Å². The minimum absolute atomic E-state index is 0.0364. The van der Waals surface area contributed by atoms with Gasteiger partial charge in [-0.1, -0.05) is 13.3 Å². The number of aliphatic imine (C=N–C) groups is 1. The van der Waals surface area contributed by atoms with Gasteiger partial charge in [0, 0.05) is 18.6 Å². The molecule has 1 N–H and O–H groups in total. The normalized spacial score (nSPS) is 29.1. The van der Waals surface area contributed by atoms with Gasteiger partial charge >= 0.3 is 6.18 Å². The largest absolute Gasteiger partial charge is 0.448 e. The summed E-state index contributed by atoms with van der Waals surface area (Å²) in [6.45, 7) is 7.67. The van der Waals surface area contributed by atoms with Crippen LogP contribution in [-0.2, 0) is 0 Å². The van der Waals surface area contributed by atoms with Gasteiger partial charge in [-0.3, -0.25) is 9.89 Å². The molecule has 0 aromatic heterocycles. The lowest BCUT2D eigenvalue weighted by molar-refractivity contribution is -0.0615. The Morgan fingerprint density at radius 3 is 2.50 bits per heavy atom. The molecular weight excluding hydrogens is 243 g/mol. The van der Waals surface area contributed by atoms with Crippen molar-refractivity contribution in [3.63, 3.8) is 0 Å². The molecule has 2 aliphatic rings. The number of rotatable bonds is 3. The van der Waals surface area contributed by atoms with Gasteiger partial charge in [-0.15, -0.1) is 0 Å². The zero-order valence-electron chi connectivity index (χ0n) is 11.0. The fraction of sp³-hybridized carbons (Fsp3) is 0.917. The first kappa shape index (κ1) is 13.6. The molecule has 0 bridgehead atoms. The third-order valence-electron chi connectivity index (χ3n) is 3.89. The number of nitrogens with zero attached hydrogens (tertiary/aromatic N) is 2. The molecule has 18 heavy (non-hydrogen) atoms. The van der Waals surface area contributed by atoms with E-state index in [1.807, 2.05) is 0 Å². The highest BCUT2D eigenvalue weighted by Gasteiger charge is 2.48. The number of halogens is 3. The summed E-state index contributed by atoms with van der Waals surface area (Å²) < 4.78 is 37.5. The highest BCUT2D eigenvalue weighted by Crippen LogP contribution is 2.31. The average Bonchev–Trinajstić information content (AvgIpc) is 2.71. The molecule has 1 fully saturated rings. The number of hydrogen-bond acceptors (Lipinski definition) is 3. The van der Waals surface area contributed by atoms with Gasteiger partial charge in [0.2, 0.25) is 5.84 Å². The molecule has 0 aromatic rings. The minimum Gasteiger partial charge on any atom is -0.360 e. The van der Waals surface area contributed by atoms with E-state index in [-0.39, 0.29) is 17.6 Å². The van der Waals surface area contributed by atoms with Crippen LogP contribution in [0.2, 0.25) is 0 Å². The van der Waals surface area contributed by atoms with Crippen LogP contribution in [0.25, 0.3) is 0 Å². The fourth-order valence-electron chi connectivity index (χ4n) is 2.86. The Morgan fingerprint density at radius 2 is 2.00 bits per heavy atom. The van der Waals surface area contributed by atoms with E-state index in [2.05, 4.69) is 36.0 Å².